The Morgan fingerprint density at radius 2 is 2.13 bits per heavy atom. The number of ether oxygens (including phenoxy) is 1. The number of hydrogen-bond acceptors (Lipinski definition) is 4. The number of aromatic nitrogens is 2. The summed E-state index contributed by atoms with van der Waals surface area (Å²) in [5.74, 6) is -0.406. The maximum Gasteiger partial charge on any atom is 0.354 e. The number of fused-ring (bicyclic) bond motifs is 1. The fourth-order valence-corrected chi connectivity index (χ4v) is 2.69. The summed E-state index contributed by atoms with van der Waals surface area (Å²) in [6.07, 6.45) is 3.34. The SMILES string of the molecule is COC(=O)c1cc2cc(CCc3cc(N)ccc3Cl)cnc2[nH]1. The van der Waals surface area contributed by atoms with Crippen LogP contribution in [0.5, 0.6) is 0 Å². The molecular weight excluding hydrogens is 314 g/mol. The van der Waals surface area contributed by atoms with Gasteiger partial charge in [0.2, 0.25) is 0 Å². The Morgan fingerprint density at radius 3 is 2.91 bits per heavy atom. The van der Waals surface area contributed by atoms with Crippen molar-refractivity contribution in [2.24, 2.45) is 0 Å². The third-order valence-corrected chi connectivity index (χ3v) is 4.05. The monoisotopic (exact) mass is 329 g/mol. The molecule has 0 saturated heterocycles. The molecule has 0 radical (unpaired) electrons. The van der Waals surface area contributed by atoms with Crippen LogP contribution in [0.4, 0.5) is 5.69 Å². The van der Waals surface area contributed by atoms with Gasteiger partial charge in [-0.2, -0.15) is 0 Å². The number of aryl methyl sites for hydroxylation is 2. The molecule has 3 rings (SSSR count). The lowest BCUT2D eigenvalue weighted by Crippen LogP contribution is -2.00. The Hall–Kier alpha value is -2.53. The van der Waals surface area contributed by atoms with Gasteiger partial charge in [0.05, 0.1) is 7.11 Å². The molecule has 0 spiro atoms. The number of carbonyl (C=O) groups is 1. The summed E-state index contributed by atoms with van der Waals surface area (Å²) in [5, 5.41) is 1.59. The molecule has 0 aliphatic carbocycles. The zero-order valence-corrected chi connectivity index (χ0v) is 13.4. The number of nitrogens with zero attached hydrogens (tertiary/aromatic N) is 1. The van der Waals surface area contributed by atoms with Gasteiger partial charge in [-0.05, 0) is 54.3 Å². The van der Waals surface area contributed by atoms with E-state index < -0.39 is 5.97 Å². The predicted octanol–water partition coefficient (Wildman–Crippen LogP) is 3.37. The third kappa shape index (κ3) is 3.29. The number of esters is 1. The van der Waals surface area contributed by atoms with E-state index in [-0.39, 0.29) is 0 Å². The number of pyridine rings is 1. The molecule has 3 N–H and O–H groups in total. The molecule has 2 heterocycles. The molecule has 1 aromatic carbocycles. The molecule has 6 heteroatoms. The zero-order valence-electron chi connectivity index (χ0n) is 12.6. The minimum absolute atomic E-state index is 0.394. The molecular formula is C17H16ClN3O2. The van der Waals surface area contributed by atoms with E-state index in [9.17, 15) is 4.79 Å². The van der Waals surface area contributed by atoms with Gasteiger partial charge in [0.15, 0.2) is 0 Å². The molecule has 5 nitrogen and oxygen atoms in total. The minimum Gasteiger partial charge on any atom is -0.464 e. The Morgan fingerprint density at radius 1 is 1.30 bits per heavy atom. The van der Waals surface area contributed by atoms with Crippen molar-refractivity contribution in [3.05, 3.63) is 58.4 Å². The van der Waals surface area contributed by atoms with E-state index in [1.807, 2.05) is 18.2 Å². The lowest BCUT2D eigenvalue weighted by atomic mass is 10.0. The third-order valence-electron chi connectivity index (χ3n) is 3.68. The van der Waals surface area contributed by atoms with Gasteiger partial charge in [0, 0.05) is 22.3 Å². The average molecular weight is 330 g/mol. The number of nitrogen functional groups attached to an aromatic ring is 1. The van der Waals surface area contributed by atoms with Crippen molar-refractivity contribution in [1.82, 2.24) is 9.97 Å². The van der Waals surface area contributed by atoms with E-state index in [1.54, 1.807) is 18.3 Å². The van der Waals surface area contributed by atoms with Crippen LogP contribution in [-0.2, 0) is 17.6 Å². The normalized spacial score (nSPS) is 10.9. The first-order valence-corrected chi connectivity index (χ1v) is 7.54. The highest BCUT2D eigenvalue weighted by atomic mass is 35.5. The fraction of sp³-hybridized carbons (Fsp3) is 0.176. The molecule has 2 aromatic heterocycles. The molecule has 0 fully saturated rings. The highest BCUT2D eigenvalue weighted by Gasteiger charge is 2.10. The molecule has 0 atom stereocenters. The van der Waals surface area contributed by atoms with Crippen LogP contribution in [0.3, 0.4) is 0 Å². The number of rotatable bonds is 4. The van der Waals surface area contributed by atoms with E-state index in [1.165, 1.54) is 7.11 Å². The van der Waals surface area contributed by atoms with E-state index >= 15 is 0 Å². The Labute approximate surface area is 138 Å². The van der Waals surface area contributed by atoms with Crippen LogP contribution in [0, 0.1) is 0 Å². The van der Waals surface area contributed by atoms with Crippen molar-refractivity contribution in [3.63, 3.8) is 0 Å². The second kappa shape index (κ2) is 6.30. The first kappa shape index (κ1) is 15.4. The quantitative estimate of drug-likeness (QED) is 0.568. The summed E-state index contributed by atoms with van der Waals surface area (Å²) >= 11 is 6.18. The van der Waals surface area contributed by atoms with Crippen LogP contribution in [0.2, 0.25) is 5.02 Å². The summed E-state index contributed by atoms with van der Waals surface area (Å²) in [4.78, 5) is 18.8. The van der Waals surface area contributed by atoms with Gasteiger partial charge < -0.3 is 15.5 Å². The Kier molecular flexibility index (Phi) is 4.21. The highest BCUT2D eigenvalue weighted by Crippen LogP contribution is 2.22. The zero-order chi connectivity index (χ0) is 16.4. The highest BCUT2D eigenvalue weighted by molar-refractivity contribution is 6.31. The van der Waals surface area contributed by atoms with Gasteiger partial charge in [0.25, 0.3) is 0 Å². The fourth-order valence-electron chi connectivity index (χ4n) is 2.48. The lowest BCUT2D eigenvalue weighted by Gasteiger charge is -2.06. The Balaban J connectivity index is 1.80. The van der Waals surface area contributed by atoms with Gasteiger partial charge >= 0.3 is 5.97 Å². The van der Waals surface area contributed by atoms with Gasteiger partial charge in [-0.25, -0.2) is 9.78 Å². The smallest absolute Gasteiger partial charge is 0.354 e. The summed E-state index contributed by atoms with van der Waals surface area (Å²) < 4.78 is 4.70. The summed E-state index contributed by atoms with van der Waals surface area (Å²) in [6, 6.07) is 9.23. The number of methoxy groups -OCH3 is 1. The number of nitrogens with one attached hydrogen (secondary N) is 1. The number of nitrogens with two attached hydrogens (primary N) is 1. The van der Waals surface area contributed by atoms with Gasteiger partial charge in [-0.3, -0.25) is 0 Å². The summed E-state index contributed by atoms with van der Waals surface area (Å²) in [5.41, 5.74) is 9.63. The van der Waals surface area contributed by atoms with Gasteiger partial charge in [-0.15, -0.1) is 0 Å². The molecule has 0 aliphatic rings. The predicted molar refractivity (Wildman–Crippen MR) is 90.7 cm³/mol. The van der Waals surface area contributed by atoms with Crippen molar-refractivity contribution in [3.8, 4) is 0 Å². The number of aromatic amines is 1. The van der Waals surface area contributed by atoms with E-state index in [2.05, 4.69) is 9.97 Å². The molecule has 0 amide bonds. The maximum absolute atomic E-state index is 11.5. The van der Waals surface area contributed by atoms with Crippen molar-refractivity contribution < 1.29 is 9.53 Å². The average Bonchev–Trinajstić information content (AvgIpc) is 2.98. The van der Waals surface area contributed by atoms with Crippen LogP contribution in [0.25, 0.3) is 11.0 Å². The van der Waals surface area contributed by atoms with Crippen molar-refractivity contribution in [2.75, 3.05) is 12.8 Å². The summed E-state index contributed by atoms with van der Waals surface area (Å²) in [6.45, 7) is 0. The first-order chi connectivity index (χ1) is 11.1. The van der Waals surface area contributed by atoms with Crippen molar-refractivity contribution >= 4 is 34.3 Å². The largest absolute Gasteiger partial charge is 0.464 e. The molecule has 0 saturated carbocycles. The molecule has 0 aliphatic heterocycles. The minimum atomic E-state index is -0.406. The van der Waals surface area contributed by atoms with Gasteiger partial charge in [-0.1, -0.05) is 11.6 Å². The standard InChI is InChI=1S/C17H16ClN3O2/c1-23-17(22)15-8-12-6-10(9-20-16(12)21-15)2-3-11-7-13(19)4-5-14(11)18/h4-9H,2-3,19H2,1H3,(H,20,21). The maximum atomic E-state index is 11.5. The van der Waals surface area contributed by atoms with Crippen LogP contribution in [0.15, 0.2) is 36.5 Å². The van der Waals surface area contributed by atoms with Crippen LogP contribution in [0.1, 0.15) is 21.6 Å². The summed E-state index contributed by atoms with van der Waals surface area (Å²) in [7, 11) is 1.35. The first-order valence-electron chi connectivity index (χ1n) is 7.16. The second-order valence-electron chi connectivity index (χ2n) is 5.31. The number of halogens is 1. The lowest BCUT2D eigenvalue weighted by molar-refractivity contribution is 0.0595. The van der Waals surface area contributed by atoms with Crippen LogP contribution >= 0.6 is 11.6 Å². The Bertz CT molecular complexity index is 873. The molecule has 0 bridgehead atoms. The van der Waals surface area contributed by atoms with E-state index in [0.717, 1.165) is 29.4 Å². The second-order valence-corrected chi connectivity index (χ2v) is 5.71. The topological polar surface area (TPSA) is 81.0 Å². The van der Waals surface area contributed by atoms with Gasteiger partial charge in [0.1, 0.15) is 11.3 Å². The number of hydrogen-bond donors (Lipinski definition) is 2. The van der Waals surface area contributed by atoms with Crippen molar-refractivity contribution in [1.29, 1.82) is 0 Å². The molecule has 118 valence electrons. The molecule has 0 unspecified atom stereocenters. The molecule has 3 aromatic rings. The van der Waals surface area contributed by atoms with E-state index in [0.29, 0.717) is 22.1 Å². The molecule has 23 heavy (non-hydrogen) atoms. The van der Waals surface area contributed by atoms with Crippen molar-refractivity contribution in [2.45, 2.75) is 12.8 Å². The number of benzene rings is 1. The number of anilines is 1. The number of H-pyrrole nitrogens is 1. The van der Waals surface area contributed by atoms with Crippen LogP contribution in [-0.4, -0.2) is 23.0 Å². The van der Waals surface area contributed by atoms with E-state index in [4.69, 9.17) is 22.1 Å². The number of carbonyl (C=O) groups excluding carboxylic acids is 1. The van der Waals surface area contributed by atoms with Crippen LogP contribution < -0.4 is 5.73 Å².